The van der Waals surface area contributed by atoms with Gasteiger partial charge in [0.15, 0.2) is 5.60 Å². The van der Waals surface area contributed by atoms with Gasteiger partial charge in [0.1, 0.15) is 0 Å². The number of aryl methyl sites for hydroxylation is 1. The van der Waals surface area contributed by atoms with Gasteiger partial charge in [0, 0.05) is 45.2 Å². The van der Waals surface area contributed by atoms with E-state index in [1.807, 2.05) is 6.20 Å². The first kappa shape index (κ1) is 19.0. The summed E-state index contributed by atoms with van der Waals surface area (Å²) >= 11 is 0. The van der Waals surface area contributed by atoms with Gasteiger partial charge in [-0.05, 0) is 5.56 Å². The molecule has 0 saturated carbocycles. The van der Waals surface area contributed by atoms with Crippen molar-refractivity contribution in [3.8, 4) is 0 Å². The van der Waals surface area contributed by atoms with Crippen LogP contribution in [0.5, 0.6) is 0 Å². The molecule has 2 aliphatic rings. The van der Waals surface area contributed by atoms with E-state index < -0.39 is 30.7 Å². The molecule has 10 heteroatoms. The van der Waals surface area contributed by atoms with E-state index in [9.17, 15) is 23.1 Å². The molecular weight excluding hydrogens is 349 g/mol. The molecule has 1 unspecified atom stereocenters. The van der Waals surface area contributed by atoms with Crippen LogP contribution in [0.2, 0.25) is 0 Å². The maximum atomic E-state index is 12.9. The zero-order valence-electron chi connectivity index (χ0n) is 13.1. The molecule has 0 aliphatic carbocycles. The first-order valence-electron chi connectivity index (χ1n) is 7.48. The fraction of sp³-hybridized carbons (Fsp3) is 0.714. The van der Waals surface area contributed by atoms with Crippen LogP contribution in [-0.2, 0) is 11.8 Å². The summed E-state index contributed by atoms with van der Waals surface area (Å²) in [6.07, 6.45) is -1.71. The van der Waals surface area contributed by atoms with Crippen LogP contribution >= 0.6 is 12.4 Å². The van der Waals surface area contributed by atoms with E-state index in [1.54, 1.807) is 17.9 Å². The number of halogens is 4. The molecule has 24 heavy (non-hydrogen) atoms. The number of nitrogens with zero attached hydrogens (tertiary/aromatic N) is 3. The van der Waals surface area contributed by atoms with Gasteiger partial charge >= 0.3 is 6.18 Å². The summed E-state index contributed by atoms with van der Waals surface area (Å²) in [4.78, 5) is 13.8. The molecule has 6 nitrogen and oxygen atoms in total. The van der Waals surface area contributed by atoms with Crippen molar-refractivity contribution in [3.63, 3.8) is 0 Å². The topological polar surface area (TPSA) is 70.4 Å². The summed E-state index contributed by atoms with van der Waals surface area (Å²) in [5.74, 6) is -0.894. The molecule has 2 aliphatic heterocycles. The zero-order chi connectivity index (χ0) is 16.8. The third-order valence-electron chi connectivity index (χ3n) is 4.77. The number of aromatic nitrogens is 2. The van der Waals surface area contributed by atoms with Crippen molar-refractivity contribution in [1.29, 1.82) is 0 Å². The molecule has 3 heterocycles. The average molecular weight is 369 g/mol. The molecule has 0 bridgehead atoms. The number of likely N-dealkylation sites (tertiary alicyclic amines) is 1. The van der Waals surface area contributed by atoms with Gasteiger partial charge in [-0.25, -0.2) is 0 Å². The summed E-state index contributed by atoms with van der Waals surface area (Å²) in [5, 5.41) is 16.9. The molecular formula is C14H20ClF3N4O2. The van der Waals surface area contributed by atoms with Crippen LogP contribution in [0, 0.1) is 5.92 Å². The number of rotatable bonds is 2. The van der Waals surface area contributed by atoms with Crippen LogP contribution in [0.4, 0.5) is 13.2 Å². The lowest BCUT2D eigenvalue weighted by molar-refractivity contribution is -0.253. The lowest BCUT2D eigenvalue weighted by Crippen LogP contribution is -2.49. The van der Waals surface area contributed by atoms with Crippen molar-refractivity contribution in [2.24, 2.45) is 13.0 Å². The number of β-amino-alcohol motifs (C(OH)–C–C–N with tert-alkyl or cyclic N) is 1. The highest BCUT2D eigenvalue weighted by atomic mass is 35.5. The van der Waals surface area contributed by atoms with Gasteiger partial charge in [0.05, 0.1) is 18.7 Å². The predicted molar refractivity (Wildman–Crippen MR) is 81.8 cm³/mol. The standard InChI is InChI=1S/C14H19F3N4O2.ClH/c1-20-7-9(4-19-20)10-5-18-6-11(10)12(22)21-3-2-13(23,8-21)14(15,16)17;/h4,7,10-11,18,23H,2-3,5-6,8H2,1H3;1H/t10-,11+,13?;/m1./s1. The third kappa shape index (κ3) is 3.25. The van der Waals surface area contributed by atoms with E-state index in [2.05, 4.69) is 10.4 Å². The van der Waals surface area contributed by atoms with Gasteiger partial charge in [-0.2, -0.15) is 18.3 Å². The van der Waals surface area contributed by atoms with E-state index >= 15 is 0 Å². The van der Waals surface area contributed by atoms with Crippen LogP contribution in [0.1, 0.15) is 17.9 Å². The van der Waals surface area contributed by atoms with Crippen molar-refractivity contribution in [3.05, 3.63) is 18.0 Å². The van der Waals surface area contributed by atoms with Gasteiger partial charge in [-0.1, -0.05) is 0 Å². The van der Waals surface area contributed by atoms with E-state index in [1.165, 1.54) is 0 Å². The molecule has 2 N–H and O–H groups in total. The Balaban J connectivity index is 0.00000208. The summed E-state index contributed by atoms with van der Waals surface area (Å²) < 4.78 is 40.3. The van der Waals surface area contributed by atoms with Gasteiger partial charge in [-0.3, -0.25) is 9.48 Å². The van der Waals surface area contributed by atoms with E-state index in [0.29, 0.717) is 13.1 Å². The normalized spacial score (nSPS) is 30.5. The average Bonchev–Trinajstić information content (AvgIpc) is 3.15. The molecule has 3 rings (SSSR count). The van der Waals surface area contributed by atoms with E-state index in [4.69, 9.17) is 0 Å². The number of nitrogens with one attached hydrogen (secondary N) is 1. The van der Waals surface area contributed by atoms with Crippen LogP contribution in [-0.4, -0.2) is 63.7 Å². The molecule has 2 fully saturated rings. The molecule has 3 atom stereocenters. The Kier molecular flexibility index (Phi) is 5.17. The minimum atomic E-state index is -4.72. The number of alkyl halides is 3. The second-order valence-corrected chi connectivity index (χ2v) is 6.36. The molecule has 0 aromatic carbocycles. The minimum Gasteiger partial charge on any atom is -0.379 e. The highest BCUT2D eigenvalue weighted by molar-refractivity contribution is 5.85. The number of amides is 1. The van der Waals surface area contributed by atoms with Crippen LogP contribution in [0.25, 0.3) is 0 Å². The second kappa shape index (κ2) is 6.53. The van der Waals surface area contributed by atoms with Crippen molar-refractivity contribution in [2.75, 3.05) is 26.2 Å². The van der Waals surface area contributed by atoms with Gasteiger partial charge in [0.2, 0.25) is 5.91 Å². The minimum absolute atomic E-state index is 0. The number of aliphatic hydroxyl groups is 1. The molecule has 1 aromatic rings. The fourth-order valence-electron chi connectivity index (χ4n) is 3.37. The second-order valence-electron chi connectivity index (χ2n) is 6.36. The Morgan fingerprint density at radius 1 is 1.46 bits per heavy atom. The number of carbonyl (C=O) groups excluding carboxylic acids is 1. The van der Waals surface area contributed by atoms with Crippen molar-refractivity contribution in [2.45, 2.75) is 24.1 Å². The summed E-state index contributed by atoms with van der Waals surface area (Å²) in [6.45, 7) is 0.232. The Labute approximate surface area is 143 Å². The molecule has 1 aromatic heterocycles. The van der Waals surface area contributed by atoms with Crippen molar-refractivity contribution < 1.29 is 23.1 Å². The Morgan fingerprint density at radius 2 is 2.17 bits per heavy atom. The predicted octanol–water partition coefficient (Wildman–Crippen LogP) is 0.671. The maximum absolute atomic E-state index is 12.9. The molecule has 1 amide bonds. The maximum Gasteiger partial charge on any atom is 0.419 e. The van der Waals surface area contributed by atoms with Crippen molar-refractivity contribution in [1.82, 2.24) is 20.0 Å². The molecule has 136 valence electrons. The number of hydrogen-bond donors (Lipinski definition) is 2. The molecule has 2 saturated heterocycles. The van der Waals surface area contributed by atoms with Gasteiger partial charge in [-0.15, -0.1) is 12.4 Å². The smallest absolute Gasteiger partial charge is 0.379 e. The zero-order valence-corrected chi connectivity index (χ0v) is 13.9. The first-order chi connectivity index (χ1) is 10.7. The lowest BCUT2D eigenvalue weighted by atomic mass is 9.90. The summed E-state index contributed by atoms with van der Waals surface area (Å²) in [5.41, 5.74) is -1.90. The van der Waals surface area contributed by atoms with E-state index in [0.717, 1.165) is 10.5 Å². The van der Waals surface area contributed by atoms with Gasteiger partial charge in [0.25, 0.3) is 0 Å². The lowest BCUT2D eigenvalue weighted by Gasteiger charge is -2.27. The number of carbonyl (C=O) groups is 1. The summed E-state index contributed by atoms with van der Waals surface area (Å²) in [7, 11) is 1.77. The SMILES string of the molecule is Cl.Cn1cc([C@H]2CNC[C@@H]2C(=O)N2CCC(O)(C(F)(F)F)C2)cn1. The summed E-state index contributed by atoms with van der Waals surface area (Å²) in [6, 6.07) is 0. The number of hydrogen-bond acceptors (Lipinski definition) is 4. The van der Waals surface area contributed by atoms with Crippen LogP contribution < -0.4 is 5.32 Å². The Bertz CT molecular complexity index is 609. The quantitative estimate of drug-likeness (QED) is 0.805. The largest absolute Gasteiger partial charge is 0.419 e. The molecule has 0 radical (unpaired) electrons. The highest BCUT2D eigenvalue weighted by Crippen LogP contribution is 2.39. The Hall–Kier alpha value is -1.32. The van der Waals surface area contributed by atoms with Gasteiger partial charge < -0.3 is 15.3 Å². The van der Waals surface area contributed by atoms with Crippen LogP contribution in [0.15, 0.2) is 12.4 Å². The Morgan fingerprint density at radius 3 is 2.71 bits per heavy atom. The third-order valence-corrected chi connectivity index (χ3v) is 4.77. The fourth-order valence-corrected chi connectivity index (χ4v) is 3.37. The molecule has 0 spiro atoms. The van der Waals surface area contributed by atoms with E-state index in [-0.39, 0.29) is 30.8 Å². The highest BCUT2D eigenvalue weighted by Gasteiger charge is 2.58. The van der Waals surface area contributed by atoms with Crippen molar-refractivity contribution >= 4 is 18.3 Å². The first-order valence-corrected chi connectivity index (χ1v) is 7.48. The monoisotopic (exact) mass is 368 g/mol. The van der Waals surface area contributed by atoms with Crippen LogP contribution in [0.3, 0.4) is 0 Å².